The van der Waals surface area contributed by atoms with E-state index in [2.05, 4.69) is 0 Å². The van der Waals surface area contributed by atoms with Crippen molar-refractivity contribution in [3.8, 4) is 12.1 Å². The third-order valence-corrected chi connectivity index (χ3v) is 1.03. The molecule has 0 heterocycles. The first-order valence-corrected chi connectivity index (χ1v) is 3.01. The van der Waals surface area contributed by atoms with E-state index in [0.29, 0.717) is 13.1 Å². The lowest BCUT2D eigenvalue weighted by molar-refractivity contribution is 0.352. The van der Waals surface area contributed by atoms with Gasteiger partial charge in [-0.25, -0.2) is 0 Å². The first kappa shape index (κ1) is 8.90. The summed E-state index contributed by atoms with van der Waals surface area (Å²) in [6.07, 6.45) is 0. The Morgan fingerprint density at radius 1 is 1.20 bits per heavy atom. The van der Waals surface area contributed by atoms with Crippen LogP contribution in [0, 0.1) is 22.7 Å². The maximum atomic E-state index is 8.25. The fraction of sp³-hybridized carbons (Fsp3) is 0.667. The quantitative estimate of drug-likeness (QED) is 0.521. The molecule has 0 aromatic carbocycles. The standard InChI is InChI=1S/C6H10N4/c7-1-4-10(5-2-8)6-3-9/h1,4-7H2. The molecule has 0 spiro atoms. The summed E-state index contributed by atoms with van der Waals surface area (Å²) in [5.74, 6) is 0. The Kier molecular flexibility index (Phi) is 5.36. The molecule has 0 aliphatic rings. The number of nitrogens with zero attached hydrogens (tertiary/aromatic N) is 3. The van der Waals surface area contributed by atoms with E-state index in [1.54, 1.807) is 4.90 Å². The maximum absolute atomic E-state index is 8.25. The number of rotatable bonds is 4. The van der Waals surface area contributed by atoms with Gasteiger partial charge in [0, 0.05) is 13.1 Å². The zero-order valence-electron chi connectivity index (χ0n) is 5.75. The number of nitrogens with two attached hydrogens (primary N) is 1. The van der Waals surface area contributed by atoms with Gasteiger partial charge in [0.1, 0.15) is 0 Å². The van der Waals surface area contributed by atoms with Crippen LogP contribution in [0.2, 0.25) is 0 Å². The number of hydrogen-bond acceptors (Lipinski definition) is 4. The van der Waals surface area contributed by atoms with Crippen molar-refractivity contribution in [2.75, 3.05) is 26.2 Å². The fourth-order valence-corrected chi connectivity index (χ4v) is 0.597. The minimum Gasteiger partial charge on any atom is -0.329 e. The highest BCUT2D eigenvalue weighted by Crippen LogP contribution is 1.82. The van der Waals surface area contributed by atoms with E-state index in [1.807, 2.05) is 12.1 Å². The molecule has 0 saturated heterocycles. The third-order valence-electron chi connectivity index (χ3n) is 1.03. The third kappa shape index (κ3) is 3.85. The van der Waals surface area contributed by atoms with Gasteiger partial charge in [0.2, 0.25) is 0 Å². The molecule has 0 atom stereocenters. The van der Waals surface area contributed by atoms with Crippen LogP contribution in [-0.4, -0.2) is 31.1 Å². The predicted octanol–water partition coefficient (Wildman–Crippen LogP) is -0.706. The summed E-state index contributed by atoms with van der Waals surface area (Å²) >= 11 is 0. The van der Waals surface area contributed by atoms with Gasteiger partial charge in [-0.3, -0.25) is 4.90 Å². The summed E-state index contributed by atoms with van der Waals surface area (Å²) in [5.41, 5.74) is 5.23. The molecule has 0 aliphatic heterocycles. The summed E-state index contributed by atoms with van der Waals surface area (Å²) in [7, 11) is 0. The van der Waals surface area contributed by atoms with E-state index in [4.69, 9.17) is 16.3 Å². The van der Waals surface area contributed by atoms with Gasteiger partial charge in [-0.2, -0.15) is 10.5 Å². The average molecular weight is 138 g/mol. The Balaban J connectivity index is 3.54. The molecule has 0 amide bonds. The van der Waals surface area contributed by atoms with E-state index in [0.717, 1.165) is 0 Å². The van der Waals surface area contributed by atoms with E-state index < -0.39 is 0 Å². The smallest absolute Gasteiger partial charge is 0.0874 e. The molecule has 0 aromatic rings. The second kappa shape index (κ2) is 6.03. The summed E-state index contributed by atoms with van der Waals surface area (Å²) in [4.78, 5) is 1.69. The second-order valence-corrected chi connectivity index (χ2v) is 1.82. The van der Waals surface area contributed by atoms with Crippen LogP contribution >= 0.6 is 0 Å². The molecule has 0 aliphatic carbocycles. The fourth-order valence-electron chi connectivity index (χ4n) is 0.597. The average Bonchev–Trinajstić information content (AvgIpc) is 1.90. The Morgan fingerprint density at radius 2 is 1.70 bits per heavy atom. The number of hydrogen-bond donors (Lipinski definition) is 1. The Hall–Kier alpha value is -1.10. The van der Waals surface area contributed by atoms with Crippen LogP contribution in [0.15, 0.2) is 0 Å². The van der Waals surface area contributed by atoms with Crippen molar-refractivity contribution in [1.82, 2.24) is 4.90 Å². The van der Waals surface area contributed by atoms with Crippen molar-refractivity contribution in [2.24, 2.45) is 5.73 Å². The summed E-state index contributed by atoms with van der Waals surface area (Å²) in [5, 5.41) is 16.5. The molecule has 4 nitrogen and oxygen atoms in total. The molecule has 0 unspecified atom stereocenters. The van der Waals surface area contributed by atoms with Crippen LogP contribution < -0.4 is 5.73 Å². The van der Waals surface area contributed by atoms with E-state index in [-0.39, 0.29) is 13.1 Å². The van der Waals surface area contributed by atoms with Gasteiger partial charge in [0.15, 0.2) is 0 Å². The Morgan fingerprint density at radius 3 is 2.00 bits per heavy atom. The molecule has 4 heteroatoms. The molecule has 0 bridgehead atoms. The molecule has 0 radical (unpaired) electrons. The van der Waals surface area contributed by atoms with Crippen molar-refractivity contribution in [3.63, 3.8) is 0 Å². The van der Waals surface area contributed by atoms with Gasteiger partial charge >= 0.3 is 0 Å². The van der Waals surface area contributed by atoms with Crippen molar-refractivity contribution < 1.29 is 0 Å². The lowest BCUT2D eigenvalue weighted by Crippen LogP contribution is -2.30. The largest absolute Gasteiger partial charge is 0.329 e. The van der Waals surface area contributed by atoms with Crippen LogP contribution in [0.3, 0.4) is 0 Å². The lowest BCUT2D eigenvalue weighted by atomic mass is 10.5. The topological polar surface area (TPSA) is 76.8 Å². The first-order valence-electron chi connectivity index (χ1n) is 3.01. The molecule has 0 saturated carbocycles. The van der Waals surface area contributed by atoms with Crippen LogP contribution in [0.1, 0.15) is 0 Å². The van der Waals surface area contributed by atoms with E-state index >= 15 is 0 Å². The van der Waals surface area contributed by atoms with Crippen molar-refractivity contribution in [1.29, 1.82) is 10.5 Å². The summed E-state index contributed by atoms with van der Waals surface area (Å²) < 4.78 is 0. The summed E-state index contributed by atoms with van der Waals surface area (Å²) in [6.45, 7) is 1.67. The minimum atomic E-state index is 0.282. The normalized spacial score (nSPS) is 8.80. The molecule has 0 rings (SSSR count). The van der Waals surface area contributed by atoms with Gasteiger partial charge in [-0.1, -0.05) is 0 Å². The first-order chi connectivity index (χ1) is 4.85. The van der Waals surface area contributed by atoms with Crippen molar-refractivity contribution in [2.45, 2.75) is 0 Å². The van der Waals surface area contributed by atoms with Gasteiger partial charge in [0.05, 0.1) is 25.2 Å². The second-order valence-electron chi connectivity index (χ2n) is 1.82. The highest BCUT2D eigenvalue weighted by molar-refractivity contribution is 4.83. The van der Waals surface area contributed by atoms with Gasteiger partial charge in [0.25, 0.3) is 0 Å². The predicted molar refractivity (Wildman–Crippen MR) is 36.7 cm³/mol. The monoisotopic (exact) mass is 138 g/mol. The molecule has 2 N–H and O–H groups in total. The molecule has 10 heavy (non-hydrogen) atoms. The highest BCUT2D eigenvalue weighted by atomic mass is 15.1. The molecule has 54 valence electrons. The maximum Gasteiger partial charge on any atom is 0.0874 e. The van der Waals surface area contributed by atoms with E-state index in [1.165, 1.54) is 0 Å². The van der Waals surface area contributed by atoms with Gasteiger partial charge < -0.3 is 5.73 Å². The summed E-state index contributed by atoms with van der Waals surface area (Å²) in [6, 6.07) is 3.91. The van der Waals surface area contributed by atoms with Crippen LogP contribution in [0.5, 0.6) is 0 Å². The van der Waals surface area contributed by atoms with Crippen LogP contribution in [0.4, 0.5) is 0 Å². The van der Waals surface area contributed by atoms with Crippen molar-refractivity contribution in [3.05, 3.63) is 0 Å². The van der Waals surface area contributed by atoms with Crippen LogP contribution in [-0.2, 0) is 0 Å². The van der Waals surface area contributed by atoms with Crippen LogP contribution in [0.25, 0.3) is 0 Å². The molecule has 0 fully saturated rings. The van der Waals surface area contributed by atoms with Crippen molar-refractivity contribution >= 4 is 0 Å². The molecular weight excluding hydrogens is 128 g/mol. The molecular formula is C6H10N4. The van der Waals surface area contributed by atoms with E-state index in [9.17, 15) is 0 Å². The van der Waals surface area contributed by atoms with Gasteiger partial charge in [-0.15, -0.1) is 0 Å². The lowest BCUT2D eigenvalue weighted by Gasteiger charge is -2.12. The highest BCUT2D eigenvalue weighted by Gasteiger charge is 1.99. The zero-order chi connectivity index (χ0) is 7.82. The Labute approximate surface area is 60.4 Å². The zero-order valence-corrected chi connectivity index (χ0v) is 5.75. The molecule has 0 aromatic heterocycles. The van der Waals surface area contributed by atoms with Gasteiger partial charge in [-0.05, 0) is 0 Å². The number of nitriles is 2. The Bertz CT molecular complexity index is 136. The SMILES string of the molecule is N#CCN(CC#N)CCN. The minimum absolute atomic E-state index is 0.282.